The Morgan fingerprint density at radius 3 is 2.41 bits per heavy atom. The minimum atomic E-state index is -5.33. The largest absolute Gasteiger partial charge is 0.420 e. The standard InChI is InChI=1S/C23H20BrF5N4O4/c24-18-3-1-2-17(19(18)26)21(36)32(8-9-34)13-22(37,23(27,28)29)12-30-20(35)14-10-31-33(11-14)16-6-4-15(25)5-7-16/h1-7,10-11,34,37H,8-9,12-13H2,(H,30,35). The van der Waals surface area contributed by atoms with Gasteiger partial charge in [-0.05, 0) is 52.3 Å². The number of aromatic nitrogens is 2. The first-order valence-electron chi connectivity index (χ1n) is 10.6. The molecule has 0 fully saturated rings. The first-order valence-corrected chi connectivity index (χ1v) is 11.4. The van der Waals surface area contributed by atoms with Crippen LogP contribution in [0.3, 0.4) is 0 Å². The minimum absolute atomic E-state index is 0.109. The van der Waals surface area contributed by atoms with Gasteiger partial charge in [0.2, 0.25) is 0 Å². The van der Waals surface area contributed by atoms with Crippen molar-refractivity contribution in [2.45, 2.75) is 11.8 Å². The van der Waals surface area contributed by atoms with Gasteiger partial charge in [-0.3, -0.25) is 9.59 Å². The maximum atomic E-state index is 14.4. The summed E-state index contributed by atoms with van der Waals surface area (Å²) < 4.78 is 70.2. The Bertz CT molecular complexity index is 1270. The van der Waals surface area contributed by atoms with Gasteiger partial charge in [-0.2, -0.15) is 18.3 Å². The zero-order chi connectivity index (χ0) is 27.4. The molecule has 0 aliphatic heterocycles. The van der Waals surface area contributed by atoms with Crippen molar-refractivity contribution in [3.8, 4) is 5.69 Å². The molecule has 3 rings (SSSR count). The number of aliphatic hydroxyl groups is 2. The van der Waals surface area contributed by atoms with E-state index in [1.54, 1.807) is 0 Å². The summed E-state index contributed by atoms with van der Waals surface area (Å²) in [6.45, 7) is -4.20. The molecular formula is C23H20BrF5N4O4. The van der Waals surface area contributed by atoms with Crippen LogP contribution >= 0.6 is 15.9 Å². The number of hydrogen-bond acceptors (Lipinski definition) is 5. The molecule has 0 aliphatic rings. The molecular weight excluding hydrogens is 571 g/mol. The summed E-state index contributed by atoms with van der Waals surface area (Å²) in [6, 6.07) is 8.65. The fourth-order valence-corrected chi connectivity index (χ4v) is 3.64. The summed E-state index contributed by atoms with van der Waals surface area (Å²) in [5.41, 5.74) is -4.01. The summed E-state index contributed by atoms with van der Waals surface area (Å²) in [5.74, 6) is -3.76. The molecule has 1 unspecified atom stereocenters. The second-order valence-corrected chi connectivity index (χ2v) is 8.77. The molecule has 198 valence electrons. The molecule has 0 spiro atoms. The van der Waals surface area contributed by atoms with Crippen molar-refractivity contribution in [1.82, 2.24) is 20.0 Å². The van der Waals surface area contributed by atoms with Gasteiger partial charge < -0.3 is 20.4 Å². The van der Waals surface area contributed by atoms with Crippen LogP contribution in [0.25, 0.3) is 5.69 Å². The van der Waals surface area contributed by atoms with E-state index < -0.39 is 67.0 Å². The maximum absolute atomic E-state index is 14.4. The van der Waals surface area contributed by atoms with Crippen molar-refractivity contribution >= 4 is 27.7 Å². The number of carbonyl (C=O) groups excluding carboxylic acids is 2. The highest BCUT2D eigenvalue weighted by Gasteiger charge is 2.55. The molecule has 0 saturated heterocycles. The molecule has 8 nitrogen and oxygen atoms in total. The number of nitrogens with zero attached hydrogens (tertiary/aromatic N) is 3. The van der Waals surface area contributed by atoms with Crippen LogP contribution in [0.5, 0.6) is 0 Å². The van der Waals surface area contributed by atoms with E-state index in [0.717, 1.165) is 24.4 Å². The highest BCUT2D eigenvalue weighted by atomic mass is 79.9. The highest BCUT2D eigenvalue weighted by molar-refractivity contribution is 9.10. The predicted molar refractivity (Wildman–Crippen MR) is 124 cm³/mol. The van der Waals surface area contributed by atoms with E-state index in [2.05, 4.69) is 21.0 Å². The lowest BCUT2D eigenvalue weighted by Crippen LogP contribution is -2.60. The number of aliphatic hydroxyl groups excluding tert-OH is 1. The van der Waals surface area contributed by atoms with E-state index in [9.17, 15) is 41.8 Å². The number of carbonyl (C=O) groups is 2. The maximum Gasteiger partial charge on any atom is 0.420 e. The number of nitrogens with one attached hydrogen (secondary N) is 1. The Balaban J connectivity index is 1.78. The summed E-state index contributed by atoms with van der Waals surface area (Å²) in [6.07, 6.45) is -3.09. The van der Waals surface area contributed by atoms with Gasteiger partial charge in [0.05, 0.1) is 47.2 Å². The molecule has 2 aromatic carbocycles. The molecule has 0 radical (unpaired) electrons. The van der Waals surface area contributed by atoms with Crippen LogP contribution in [0.15, 0.2) is 59.3 Å². The number of rotatable bonds is 9. The Morgan fingerprint density at radius 1 is 1.11 bits per heavy atom. The molecule has 1 heterocycles. The predicted octanol–water partition coefficient (Wildman–Crippen LogP) is 3.07. The first-order chi connectivity index (χ1) is 17.4. The Kier molecular flexibility index (Phi) is 8.66. The van der Waals surface area contributed by atoms with Crippen LogP contribution in [-0.2, 0) is 0 Å². The van der Waals surface area contributed by atoms with Crippen LogP contribution in [0.4, 0.5) is 22.0 Å². The average Bonchev–Trinajstić information content (AvgIpc) is 3.34. The van der Waals surface area contributed by atoms with Gasteiger partial charge in [0, 0.05) is 12.7 Å². The van der Waals surface area contributed by atoms with Crippen LogP contribution < -0.4 is 5.32 Å². The van der Waals surface area contributed by atoms with Gasteiger partial charge in [0.25, 0.3) is 11.8 Å². The van der Waals surface area contributed by atoms with Gasteiger partial charge in [-0.15, -0.1) is 0 Å². The van der Waals surface area contributed by atoms with Crippen molar-refractivity contribution in [1.29, 1.82) is 0 Å². The summed E-state index contributed by atoms with van der Waals surface area (Å²) in [7, 11) is 0. The fourth-order valence-electron chi connectivity index (χ4n) is 3.28. The minimum Gasteiger partial charge on any atom is -0.395 e. The van der Waals surface area contributed by atoms with Gasteiger partial charge >= 0.3 is 6.18 Å². The second-order valence-electron chi connectivity index (χ2n) is 7.91. The number of benzene rings is 2. The SMILES string of the molecule is O=C(NCC(O)(CN(CCO)C(=O)c1cccc(Br)c1F)C(F)(F)F)c1cnn(-c2ccc(F)cc2)c1. The van der Waals surface area contributed by atoms with E-state index >= 15 is 0 Å². The Labute approximate surface area is 215 Å². The lowest BCUT2D eigenvalue weighted by Gasteiger charge is -2.35. The van der Waals surface area contributed by atoms with Crippen molar-refractivity contribution in [2.75, 3.05) is 26.2 Å². The van der Waals surface area contributed by atoms with Crippen molar-refractivity contribution < 1.29 is 41.8 Å². The molecule has 14 heteroatoms. The first kappa shape index (κ1) is 28.2. The normalized spacial score (nSPS) is 13.2. The number of halogens is 6. The quantitative estimate of drug-likeness (QED) is 0.332. The molecule has 0 bridgehead atoms. The molecule has 0 aliphatic carbocycles. The zero-order valence-electron chi connectivity index (χ0n) is 18.8. The number of hydrogen-bond donors (Lipinski definition) is 3. The van der Waals surface area contributed by atoms with Crippen molar-refractivity contribution in [3.63, 3.8) is 0 Å². The van der Waals surface area contributed by atoms with Gasteiger partial charge in [0.1, 0.15) is 11.6 Å². The lowest BCUT2D eigenvalue weighted by molar-refractivity contribution is -0.260. The highest BCUT2D eigenvalue weighted by Crippen LogP contribution is 2.32. The second kappa shape index (κ2) is 11.4. The molecule has 1 atom stereocenters. The molecule has 0 saturated carbocycles. The summed E-state index contributed by atoms with van der Waals surface area (Å²) in [4.78, 5) is 25.7. The lowest BCUT2D eigenvalue weighted by atomic mass is 10.0. The monoisotopic (exact) mass is 590 g/mol. The van der Waals surface area contributed by atoms with Gasteiger partial charge in [-0.1, -0.05) is 6.07 Å². The van der Waals surface area contributed by atoms with Crippen molar-refractivity contribution in [3.05, 3.63) is 82.1 Å². The molecule has 1 aromatic heterocycles. The van der Waals surface area contributed by atoms with Gasteiger partial charge in [0.15, 0.2) is 5.60 Å². The van der Waals surface area contributed by atoms with Crippen LogP contribution in [0, 0.1) is 11.6 Å². The zero-order valence-corrected chi connectivity index (χ0v) is 20.4. The Morgan fingerprint density at radius 2 is 1.78 bits per heavy atom. The fraction of sp³-hybridized carbons (Fsp3) is 0.261. The van der Waals surface area contributed by atoms with Gasteiger partial charge in [-0.25, -0.2) is 13.5 Å². The van der Waals surface area contributed by atoms with Crippen molar-refractivity contribution in [2.24, 2.45) is 0 Å². The summed E-state index contributed by atoms with van der Waals surface area (Å²) in [5, 5.41) is 25.6. The topological polar surface area (TPSA) is 108 Å². The van der Waals surface area contributed by atoms with Crippen LogP contribution in [0.1, 0.15) is 20.7 Å². The van der Waals surface area contributed by atoms with E-state index in [1.165, 1.54) is 35.1 Å². The molecule has 3 N–H and O–H groups in total. The van der Waals surface area contributed by atoms with E-state index in [1.807, 2.05) is 5.32 Å². The van der Waals surface area contributed by atoms with E-state index in [-0.39, 0.29) is 10.0 Å². The third kappa shape index (κ3) is 6.50. The molecule has 3 aromatic rings. The Hall–Kier alpha value is -3.36. The van der Waals surface area contributed by atoms with E-state index in [4.69, 9.17) is 0 Å². The van der Waals surface area contributed by atoms with E-state index in [0.29, 0.717) is 10.6 Å². The third-order valence-electron chi connectivity index (χ3n) is 5.30. The molecule has 37 heavy (non-hydrogen) atoms. The number of amides is 2. The van der Waals surface area contributed by atoms with Crippen LogP contribution in [-0.4, -0.2) is 74.7 Å². The third-order valence-corrected chi connectivity index (χ3v) is 5.91. The number of alkyl halides is 3. The average molecular weight is 591 g/mol. The summed E-state index contributed by atoms with van der Waals surface area (Å²) >= 11 is 2.88. The smallest absolute Gasteiger partial charge is 0.395 e. The van der Waals surface area contributed by atoms with Crippen LogP contribution in [0.2, 0.25) is 0 Å². The molecule has 2 amide bonds.